The van der Waals surface area contributed by atoms with Crippen LogP contribution in [0.2, 0.25) is 0 Å². The molecule has 0 bridgehead atoms. The second kappa shape index (κ2) is 5.31. The van der Waals surface area contributed by atoms with E-state index in [0.717, 1.165) is 18.4 Å². The summed E-state index contributed by atoms with van der Waals surface area (Å²) in [7, 11) is 1.20. The molecule has 2 N–H and O–H groups in total. The van der Waals surface area contributed by atoms with Crippen LogP contribution < -0.4 is 10.5 Å². The van der Waals surface area contributed by atoms with Crippen molar-refractivity contribution in [2.24, 2.45) is 5.73 Å². The van der Waals surface area contributed by atoms with Crippen molar-refractivity contribution >= 4 is 0 Å². The van der Waals surface area contributed by atoms with Gasteiger partial charge in [-0.2, -0.15) is 18.3 Å². The van der Waals surface area contributed by atoms with E-state index in [4.69, 9.17) is 10.5 Å². The highest BCUT2D eigenvalue weighted by molar-refractivity contribution is 5.37. The predicted molar refractivity (Wildman–Crippen MR) is 74.7 cm³/mol. The van der Waals surface area contributed by atoms with Gasteiger partial charge in [0.25, 0.3) is 0 Å². The molecule has 2 aromatic rings. The monoisotopic (exact) mass is 311 g/mol. The molecule has 0 saturated heterocycles. The van der Waals surface area contributed by atoms with Gasteiger partial charge < -0.3 is 10.5 Å². The van der Waals surface area contributed by atoms with E-state index < -0.39 is 11.9 Å². The Morgan fingerprint density at radius 2 is 2.05 bits per heavy atom. The van der Waals surface area contributed by atoms with E-state index in [9.17, 15) is 13.2 Å². The van der Waals surface area contributed by atoms with Crippen molar-refractivity contribution in [2.45, 2.75) is 31.6 Å². The maximum Gasteiger partial charge on any atom is 0.438 e. The van der Waals surface area contributed by atoms with Gasteiger partial charge in [-0.05, 0) is 29.5 Å². The molecule has 0 spiro atoms. The summed E-state index contributed by atoms with van der Waals surface area (Å²) in [5.74, 6) is -0.268. The summed E-state index contributed by atoms with van der Waals surface area (Å²) in [6.45, 7) is 0.259. The summed E-state index contributed by atoms with van der Waals surface area (Å²) < 4.78 is 44.5. The number of hydrogen-bond acceptors (Lipinski definition) is 3. The number of nitrogens with two attached hydrogens (primary N) is 1. The molecular weight excluding hydrogens is 295 g/mol. The maximum atomic E-state index is 12.8. The fraction of sp³-hybridized carbons (Fsp3) is 0.400. The normalized spacial score (nSPS) is 17.6. The minimum Gasteiger partial charge on any atom is -0.493 e. The van der Waals surface area contributed by atoms with E-state index in [-0.39, 0.29) is 18.3 Å². The van der Waals surface area contributed by atoms with Crippen LogP contribution >= 0.6 is 0 Å². The Kier molecular flexibility index (Phi) is 3.60. The molecule has 0 aliphatic heterocycles. The second-order valence-electron chi connectivity index (χ2n) is 5.51. The first-order valence-electron chi connectivity index (χ1n) is 6.91. The van der Waals surface area contributed by atoms with Crippen LogP contribution in [0.15, 0.2) is 24.4 Å². The van der Waals surface area contributed by atoms with Crippen molar-refractivity contribution in [2.75, 3.05) is 7.11 Å². The molecule has 1 unspecified atom stereocenters. The SMILES string of the molecule is COc1cn(Cc2ccc3c(c2)CC(N)C3)nc1C(F)(F)F. The van der Waals surface area contributed by atoms with Gasteiger partial charge >= 0.3 is 6.18 Å². The average molecular weight is 311 g/mol. The Morgan fingerprint density at radius 1 is 1.32 bits per heavy atom. The lowest BCUT2D eigenvalue weighted by Crippen LogP contribution is -2.18. The molecule has 4 nitrogen and oxygen atoms in total. The van der Waals surface area contributed by atoms with Crippen molar-refractivity contribution in [3.63, 3.8) is 0 Å². The minimum absolute atomic E-state index is 0.131. The first kappa shape index (κ1) is 14.9. The van der Waals surface area contributed by atoms with Crippen molar-refractivity contribution in [3.05, 3.63) is 46.8 Å². The average Bonchev–Trinajstić information content (AvgIpc) is 3.00. The van der Waals surface area contributed by atoms with Crippen LogP contribution in [0.5, 0.6) is 5.75 Å². The quantitative estimate of drug-likeness (QED) is 0.947. The topological polar surface area (TPSA) is 53.1 Å². The van der Waals surface area contributed by atoms with Crippen LogP contribution in [-0.4, -0.2) is 22.9 Å². The smallest absolute Gasteiger partial charge is 0.438 e. The number of ether oxygens (including phenoxy) is 1. The Balaban J connectivity index is 1.85. The molecule has 0 saturated carbocycles. The number of aromatic nitrogens is 2. The molecule has 1 aliphatic carbocycles. The van der Waals surface area contributed by atoms with Crippen molar-refractivity contribution < 1.29 is 17.9 Å². The van der Waals surface area contributed by atoms with Crippen LogP contribution in [-0.2, 0) is 25.6 Å². The molecule has 118 valence electrons. The van der Waals surface area contributed by atoms with Crippen LogP contribution in [0.25, 0.3) is 0 Å². The lowest BCUT2D eigenvalue weighted by molar-refractivity contribution is -0.142. The molecule has 0 fully saturated rings. The van der Waals surface area contributed by atoms with Crippen molar-refractivity contribution in [1.82, 2.24) is 9.78 Å². The number of methoxy groups -OCH3 is 1. The zero-order valence-corrected chi connectivity index (χ0v) is 12.0. The van der Waals surface area contributed by atoms with E-state index in [1.54, 1.807) is 0 Å². The summed E-state index contributed by atoms with van der Waals surface area (Å²) in [4.78, 5) is 0. The number of halogens is 3. The molecule has 7 heteroatoms. The van der Waals surface area contributed by atoms with Gasteiger partial charge in [0.2, 0.25) is 5.69 Å². The standard InChI is InChI=1S/C15H16F3N3O/c1-22-13-8-21(20-14(13)15(16,17)18)7-9-2-3-10-5-12(19)6-11(10)4-9/h2-4,8,12H,5-7,19H2,1H3. The third-order valence-corrected chi connectivity index (χ3v) is 3.80. The van der Waals surface area contributed by atoms with E-state index in [1.807, 2.05) is 18.2 Å². The zero-order valence-electron chi connectivity index (χ0n) is 12.0. The van der Waals surface area contributed by atoms with Gasteiger partial charge in [-0.3, -0.25) is 4.68 Å². The number of nitrogens with zero attached hydrogens (tertiary/aromatic N) is 2. The first-order chi connectivity index (χ1) is 10.4. The number of alkyl halides is 3. The molecule has 22 heavy (non-hydrogen) atoms. The van der Waals surface area contributed by atoms with Crippen LogP contribution in [0.4, 0.5) is 13.2 Å². The van der Waals surface area contributed by atoms with Gasteiger partial charge in [-0.15, -0.1) is 0 Å². The molecule has 1 atom stereocenters. The molecule has 0 radical (unpaired) electrons. The molecule has 1 aliphatic rings. The van der Waals surface area contributed by atoms with Gasteiger partial charge in [-0.1, -0.05) is 18.2 Å². The van der Waals surface area contributed by atoms with Crippen molar-refractivity contribution in [1.29, 1.82) is 0 Å². The van der Waals surface area contributed by atoms with Crippen molar-refractivity contribution in [3.8, 4) is 5.75 Å². The number of benzene rings is 1. The Bertz CT molecular complexity index is 694. The largest absolute Gasteiger partial charge is 0.493 e. The molecule has 1 aromatic carbocycles. The van der Waals surface area contributed by atoms with Gasteiger partial charge in [0.05, 0.1) is 19.9 Å². The fourth-order valence-electron chi connectivity index (χ4n) is 2.82. The molecular formula is C15H16F3N3O. The summed E-state index contributed by atoms with van der Waals surface area (Å²) in [6, 6.07) is 6.01. The predicted octanol–water partition coefficient (Wildman–Crippen LogP) is 2.38. The Labute approximate surface area is 125 Å². The Hall–Kier alpha value is -2.02. The lowest BCUT2D eigenvalue weighted by atomic mass is 10.1. The lowest BCUT2D eigenvalue weighted by Gasteiger charge is -2.05. The number of hydrogen-bond donors (Lipinski definition) is 1. The summed E-state index contributed by atoms with van der Waals surface area (Å²) in [5.41, 5.74) is 8.19. The third-order valence-electron chi connectivity index (χ3n) is 3.80. The van der Waals surface area contributed by atoms with Gasteiger partial charge in [-0.25, -0.2) is 0 Å². The second-order valence-corrected chi connectivity index (χ2v) is 5.51. The Morgan fingerprint density at radius 3 is 2.68 bits per heavy atom. The maximum absolute atomic E-state index is 12.8. The van der Waals surface area contributed by atoms with Crippen LogP contribution in [0.3, 0.4) is 0 Å². The first-order valence-corrected chi connectivity index (χ1v) is 6.91. The zero-order chi connectivity index (χ0) is 15.9. The summed E-state index contributed by atoms with van der Waals surface area (Å²) in [5, 5.41) is 3.60. The highest BCUT2D eigenvalue weighted by Gasteiger charge is 2.38. The number of fused-ring (bicyclic) bond motifs is 1. The van der Waals surface area contributed by atoms with E-state index in [1.165, 1.54) is 29.1 Å². The molecule has 1 heterocycles. The highest BCUT2D eigenvalue weighted by Crippen LogP contribution is 2.35. The van der Waals surface area contributed by atoms with Gasteiger partial charge in [0, 0.05) is 6.04 Å². The molecule has 0 amide bonds. The summed E-state index contributed by atoms with van der Waals surface area (Å²) >= 11 is 0. The minimum atomic E-state index is -4.53. The highest BCUT2D eigenvalue weighted by atomic mass is 19.4. The van der Waals surface area contributed by atoms with E-state index in [2.05, 4.69) is 5.10 Å². The van der Waals surface area contributed by atoms with Gasteiger partial charge in [0.15, 0.2) is 5.75 Å². The molecule has 1 aromatic heterocycles. The number of rotatable bonds is 3. The van der Waals surface area contributed by atoms with Crippen LogP contribution in [0, 0.1) is 0 Å². The van der Waals surface area contributed by atoms with E-state index in [0.29, 0.717) is 0 Å². The summed E-state index contributed by atoms with van der Waals surface area (Å²) in [6.07, 6.45) is -1.61. The van der Waals surface area contributed by atoms with Crippen LogP contribution in [0.1, 0.15) is 22.4 Å². The van der Waals surface area contributed by atoms with E-state index >= 15 is 0 Å². The van der Waals surface area contributed by atoms with Gasteiger partial charge in [0.1, 0.15) is 0 Å². The fourth-order valence-corrected chi connectivity index (χ4v) is 2.82. The molecule has 3 rings (SSSR count). The third kappa shape index (κ3) is 2.81.